The van der Waals surface area contributed by atoms with Gasteiger partial charge in [0, 0.05) is 23.6 Å². The van der Waals surface area contributed by atoms with Crippen molar-refractivity contribution in [2.75, 3.05) is 5.32 Å². The molecule has 6 nitrogen and oxygen atoms in total. The molecule has 0 saturated heterocycles. The van der Waals surface area contributed by atoms with E-state index < -0.39 is 59.5 Å². The molecule has 0 spiro atoms. The van der Waals surface area contributed by atoms with Crippen LogP contribution in [0, 0.1) is 4.91 Å². The highest BCUT2D eigenvalue weighted by Crippen LogP contribution is 2.39. The van der Waals surface area contributed by atoms with Crippen molar-refractivity contribution in [3.63, 3.8) is 0 Å². The molecule has 2 aromatic carbocycles. The first-order valence-electron chi connectivity index (χ1n) is 9.89. The van der Waals surface area contributed by atoms with Crippen molar-refractivity contribution in [1.82, 2.24) is 0 Å². The van der Waals surface area contributed by atoms with Gasteiger partial charge < -0.3 is 15.2 Å². The van der Waals surface area contributed by atoms with E-state index in [1.165, 1.54) is 12.1 Å². The van der Waals surface area contributed by atoms with Crippen LogP contribution < -0.4 is 10.1 Å². The van der Waals surface area contributed by atoms with Crippen molar-refractivity contribution in [2.45, 2.75) is 25.2 Å². The van der Waals surface area contributed by atoms with Crippen LogP contribution >= 0.6 is 0 Å². The minimum atomic E-state index is -5.09. The summed E-state index contributed by atoms with van der Waals surface area (Å²) < 4.78 is 86.0. The van der Waals surface area contributed by atoms with Crippen molar-refractivity contribution in [3.8, 4) is 11.5 Å². The maximum absolute atomic E-state index is 13.7. The Morgan fingerprint density at radius 1 is 0.943 bits per heavy atom. The number of rotatable bonds is 5. The van der Waals surface area contributed by atoms with Crippen LogP contribution in [0.3, 0.4) is 0 Å². The molecule has 0 saturated carbocycles. The smallest absolute Gasteiger partial charge is 0.419 e. The van der Waals surface area contributed by atoms with E-state index in [0.717, 1.165) is 18.2 Å². The largest absolute Gasteiger partial charge is 0.506 e. The van der Waals surface area contributed by atoms with Gasteiger partial charge in [-0.05, 0) is 48.0 Å². The van der Waals surface area contributed by atoms with E-state index in [0.29, 0.717) is 0 Å². The zero-order chi connectivity index (χ0) is 25.8. The molecule has 12 heteroatoms. The summed E-state index contributed by atoms with van der Waals surface area (Å²) in [5.74, 6) is -2.28. The van der Waals surface area contributed by atoms with E-state index in [2.05, 4.69) is 10.5 Å². The molecular formula is C23H16F6N2O4. The van der Waals surface area contributed by atoms with Gasteiger partial charge in [-0.3, -0.25) is 4.79 Å². The molecule has 0 heterocycles. The van der Waals surface area contributed by atoms with Crippen molar-refractivity contribution in [2.24, 2.45) is 5.18 Å². The number of nitroso groups, excluding NO2 is 1. The maximum atomic E-state index is 13.7. The summed E-state index contributed by atoms with van der Waals surface area (Å²) in [6.07, 6.45) is -11.3. The molecule has 3 rings (SSSR count). The number of nitrogens with one attached hydrogen (secondary N) is 1. The second kappa shape index (κ2) is 10.0. The van der Waals surface area contributed by atoms with Crippen LogP contribution in [0.15, 0.2) is 88.5 Å². The number of hydrogen-bond acceptors (Lipinski definition) is 5. The molecule has 1 aliphatic rings. The van der Waals surface area contributed by atoms with Gasteiger partial charge in [-0.25, -0.2) is 0 Å². The number of carbonyl (C=O) groups is 1. The normalized spacial score (nSPS) is 19.9. The summed E-state index contributed by atoms with van der Waals surface area (Å²) in [7, 11) is 0. The molecule has 0 aliphatic heterocycles. The summed E-state index contributed by atoms with van der Waals surface area (Å²) in [6, 6.07) is 10.9. The molecule has 0 aromatic heterocycles. The molecule has 2 N–H and O–H groups in total. The Morgan fingerprint density at radius 2 is 1.63 bits per heavy atom. The highest BCUT2D eigenvalue weighted by molar-refractivity contribution is 6.05. The molecular weight excluding hydrogens is 482 g/mol. The van der Waals surface area contributed by atoms with Crippen molar-refractivity contribution in [3.05, 3.63) is 93.8 Å². The summed E-state index contributed by atoms with van der Waals surface area (Å²) >= 11 is 0. The Morgan fingerprint density at radius 3 is 2.23 bits per heavy atom. The van der Waals surface area contributed by atoms with E-state index in [4.69, 9.17) is 4.74 Å². The number of allylic oxidation sites excluding steroid dienone is 5. The molecule has 2 aromatic rings. The number of carbonyl (C=O) groups excluding carboxylic acids is 1. The Balaban J connectivity index is 1.98. The SMILES string of the molecule is O=NC1=C/C(C(F)(F)F)=C(/Oc2ccc(O)c(NC(=O)c3ccccc3)c2)CC/C(C(F)(F)F)=C\1. The van der Waals surface area contributed by atoms with E-state index in [1.807, 2.05) is 0 Å². The number of ether oxygens (including phenoxy) is 1. The van der Waals surface area contributed by atoms with Crippen LogP contribution in [0.4, 0.5) is 32.0 Å². The highest BCUT2D eigenvalue weighted by atomic mass is 19.4. The fraction of sp³-hybridized carbons (Fsp3) is 0.174. The summed E-state index contributed by atoms with van der Waals surface area (Å²) in [5, 5.41) is 14.7. The summed E-state index contributed by atoms with van der Waals surface area (Å²) in [5.41, 5.74) is -3.81. The first-order valence-corrected chi connectivity index (χ1v) is 9.89. The van der Waals surface area contributed by atoms with Gasteiger partial charge in [0.05, 0.1) is 11.3 Å². The standard InChI is InChI=1S/C23H16F6N2O4/c24-22(25,26)14-6-9-20(17(23(27,28)29)11-15(10-14)31-34)35-16-7-8-19(32)18(12-16)30-21(33)13-4-2-1-3-5-13/h1-5,7-8,10-12,32H,6,9H2,(H,30,33)/b14-10+,15-11+,20-17-. The predicted molar refractivity (Wildman–Crippen MR) is 113 cm³/mol. The molecule has 0 atom stereocenters. The number of nitrogens with zero attached hydrogens (tertiary/aromatic N) is 1. The Kier molecular flexibility index (Phi) is 7.32. The number of halogens is 6. The third-order valence-corrected chi connectivity index (χ3v) is 4.80. The highest BCUT2D eigenvalue weighted by Gasteiger charge is 2.40. The van der Waals surface area contributed by atoms with Crippen molar-refractivity contribution in [1.29, 1.82) is 0 Å². The van der Waals surface area contributed by atoms with Crippen molar-refractivity contribution >= 4 is 11.6 Å². The van der Waals surface area contributed by atoms with Gasteiger partial charge in [0.15, 0.2) is 0 Å². The number of anilines is 1. The Bertz CT molecular complexity index is 1210. The lowest BCUT2D eigenvalue weighted by Crippen LogP contribution is -2.19. The zero-order valence-electron chi connectivity index (χ0n) is 17.6. The van der Waals surface area contributed by atoms with E-state index in [9.17, 15) is 41.2 Å². The molecule has 0 bridgehead atoms. The molecule has 0 fully saturated rings. The average Bonchev–Trinajstić information content (AvgIpc) is 2.77. The zero-order valence-corrected chi connectivity index (χ0v) is 17.6. The fourth-order valence-electron chi connectivity index (χ4n) is 3.13. The number of alkyl halides is 6. The number of phenolic OH excluding ortho intramolecular Hbond substituents is 1. The third-order valence-electron chi connectivity index (χ3n) is 4.80. The number of aromatic hydroxyl groups is 1. The summed E-state index contributed by atoms with van der Waals surface area (Å²) in [6.45, 7) is 0. The lowest BCUT2D eigenvalue weighted by atomic mass is 10.0. The number of amides is 1. The molecule has 1 aliphatic carbocycles. The van der Waals surface area contributed by atoms with Crippen LogP contribution in [0.25, 0.3) is 0 Å². The lowest BCUT2D eigenvalue weighted by Gasteiger charge is -2.20. The minimum Gasteiger partial charge on any atom is -0.506 e. The van der Waals surface area contributed by atoms with Crippen LogP contribution in [0.5, 0.6) is 11.5 Å². The van der Waals surface area contributed by atoms with Crippen LogP contribution in [0.1, 0.15) is 23.2 Å². The molecule has 184 valence electrons. The maximum Gasteiger partial charge on any atom is 0.419 e. The van der Waals surface area contributed by atoms with Crippen LogP contribution in [-0.4, -0.2) is 23.4 Å². The lowest BCUT2D eigenvalue weighted by molar-refractivity contribution is -0.0946. The first-order chi connectivity index (χ1) is 16.4. The Hall–Kier alpha value is -4.09. The fourth-order valence-corrected chi connectivity index (χ4v) is 3.13. The van der Waals surface area contributed by atoms with Gasteiger partial charge in [0.25, 0.3) is 5.91 Å². The molecule has 0 radical (unpaired) electrons. The van der Waals surface area contributed by atoms with Gasteiger partial charge in [-0.2, -0.15) is 26.3 Å². The topological polar surface area (TPSA) is 88.0 Å². The van der Waals surface area contributed by atoms with Gasteiger partial charge in [0.2, 0.25) is 0 Å². The number of benzene rings is 2. The van der Waals surface area contributed by atoms with E-state index >= 15 is 0 Å². The minimum absolute atomic E-state index is 0.172. The van der Waals surface area contributed by atoms with Crippen LogP contribution in [-0.2, 0) is 0 Å². The summed E-state index contributed by atoms with van der Waals surface area (Å²) in [4.78, 5) is 23.3. The second-order valence-corrected chi connectivity index (χ2v) is 7.26. The average molecular weight is 498 g/mol. The van der Waals surface area contributed by atoms with Crippen molar-refractivity contribution < 1.29 is 41.0 Å². The van der Waals surface area contributed by atoms with E-state index in [1.54, 1.807) is 18.2 Å². The van der Waals surface area contributed by atoms with Gasteiger partial charge >= 0.3 is 12.4 Å². The van der Waals surface area contributed by atoms with Gasteiger partial charge in [-0.1, -0.05) is 18.2 Å². The first kappa shape index (κ1) is 25.5. The third kappa shape index (κ3) is 6.49. The predicted octanol–water partition coefficient (Wildman–Crippen LogP) is 6.77. The molecule has 0 unspecified atom stereocenters. The van der Waals surface area contributed by atoms with E-state index in [-0.39, 0.29) is 29.2 Å². The molecule has 1 amide bonds. The molecule has 35 heavy (non-hydrogen) atoms. The van der Waals surface area contributed by atoms with Crippen LogP contribution in [0.2, 0.25) is 0 Å². The quantitative estimate of drug-likeness (QED) is 0.271. The van der Waals surface area contributed by atoms with Gasteiger partial charge in [-0.15, -0.1) is 4.91 Å². The number of hydrogen-bond donors (Lipinski definition) is 2. The monoisotopic (exact) mass is 498 g/mol. The number of phenols is 1. The second-order valence-electron chi connectivity index (χ2n) is 7.26. The Labute approximate surface area is 194 Å². The van der Waals surface area contributed by atoms with Gasteiger partial charge in [0.1, 0.15) is 23.0 Å².